The molecule has 26 heavy (non-hydrogen) atoms. The first kappa shape index (κ1) is 39.6. The second kappa shape index (κ2) is 34.9. The summed E-state index contributed by atoms with van der Waals surface area (Å²) in [5.41, 5.74) is 0. The smallest absolute Gasteiger partial charge is 0.762 e. The van der Waals surface area contributed by atoms with Crippen molar-refractivity contribution in [3.8, 4) is 0 Å². The molecule has 10 heteroatoms. The van der Waals surface area contributed by atoms with Crippen molar-refractivity contribution in [3.63, 3.8) is 0 Å². The molecule has 0 aromatic heterocycles. The topological polar surface area (TPSA) is 78.7 Å². The van der Waals surface area contributed by atoms with Crippen LogP contribution < -0.4 is 4.70 Å². The third kappa shape index (κ3) is 30.5. The van der Waals surface area contributed by atoms with Crippen molar-refractivity contribution in [1.82, 2.24) is 0 Å². The van der Waals surface area contributed by atoms with Gasteiger partial charge in [-0.15, -0.1) is 12.0 Å². The van der Waals surface area contributed by atoms with Gasteiger partial charge < -0.3 is 31.0 Å². The first-order valence-corrected chi connectivity index (χ1v) is 6.85. The molecule has 4 nitrogen and oxygen atoms in total. The zero-order valence-electron chi connectivity index (χ0n) is 14.9. The fourth-order valence-electron chi connectivity index (χ4n) is 2.02. The number of fused-ring (bicyclic) bond motifs is 1. The molecule has 2 atom stereocenters. The van der Waals surface area contributed by atoms with Gasteiger partial charge in [0.15, 0.2) is 0 Å². The first-order chi connectivity index (χ1) is 11.4. The molecule has 1 saturated carbocycles. The Morgan fingerprint density at radius 2 is 1.35 bits per heavy atom. The van der Waals surface area contributed by atoms with E-state index < -0.39 is 7.54 Å². The van der Waals surface area contributed by atoms with Gasteiger partial charge in [0.1, 0.15) is 0 Å². The van der Waals surface area contributed by atoms with Crippen molar-refractivity contribution in [3.05, 3.63) is 41.0 Å². The zero-order chi connectivity index (χ0) is 20.0. The van der Waals surface area contributed by atoms with Crippen LogP contribution in [0.3, 0.4) is 0 Å². The van der Waals surface area contributed by atoms with Crippen LogP contribution in [0.25, 0.3) is 10.8 Å². The van der Waals surface area contributed by atoms with Crippen LogP contribution in [0, 0.1) is 17.8 Å². The van der Waals surface area contributed by atoms with Gasteiger partial charge in [0, 0.05) is 21.1 Å². The molecule has 2 unspecified atom stereocenters. The van der Waals surface area contributed by atoms with E-state index in [-0.39, 0.29) is 25.8 Å². The molecule has 0 saturated heterocycles. The van der Waals surface area contributed by atoms with Gasteiger partial charge in [0.2, 0.25) is 0 Å². The molecular weight excluding hydrogens is 435 g/mol. The van der Waals surface area contributed by atoms with Crippen LogP contribution >= 0.6 is 0 Å². The fourth-order valence-corrected chi connectivity index (χ4v) is 2.02. The summed E-state index contributed by atoms with van der Waals surface area (Å²) in [7, 11) is -3.67. The molecule has 0 radical (unpaired) electrons. The summed E-state index contributed by atoms with van der Waals surface area (Å²) in [6.07, 6.45) is 13.8. The summed E-state index contributed by atoms with van der Waals surface area (Å²) in [6.45, 7) is 11.9. The number of nitrogens with zero attached hydrogens (tertiary/aromatic N) is 2. The predicted octanol–water partition coefficient (Wildman–Crippen LogP) is 1.36. The predicted molar refractivity (Wildman–Crippen MR) is 96.2 cm³/mol. The Balaban J connectivity index is -0.0000000541. The van der Waals surface area contributed by atoms with E-state index in [1.807, 2.05) is 0 Å². The molecule has 0 bridgehead atoms. The van der Waals surface area contributed by atoms with Gasteiger partial charge in [0.25, 0.3) is 0 Å². The first-order valence-electron chi connectivity index (χ1n) is 6.85. The molecule has 0 aliphatic heterocycles. The van der Waals surface area contributed by atoms with Crippen LogP contribution in [0.1, 0.15) is 33.6 Å². The summed E-state index contributed by atoms with van der Waals surface area (Å²) in [4.78, 5) is 15.5. The van der Waals surface area contributed by atoms with Crippen molar-refractivity contribution in [1.29, 1.82) is 0 Å². The van der Waals surface area contributed by atoms with Gasteiger partial charge in [-0.05, 0) is 5.92 Å². The van der Waals surface area contributed by atoms with Crippen LogP contribution in [0.4, 0.5) is 12.9 Å². The SMILES string of the molecule is CC=[N-].CC=[N-].C[C-]1CCC2C=CC=CC12.FB(F)F.[CH-]=O.[CH-]=O.[F-].[Mo]. The van der Waals surface area contributed by atoms with Crippen molar-refractivity contribution >= 4 is 33.6 Å². The zero-order valence-corrected chi connectivity index (χ0v) is 16.9. The maximum atomic E-state index is 9.67. The van der Waals surface area contributed by atoms with E-state index >= 15 is 0 Å². The van der Waals surface area contributed by atoms with Crippen LogP contribution in [-0.2, 0) is 30.7 Å². The minimum absolute atomic E-state index is 0. The van der Waals surface area contributed by atoms with E-state index in [0.717, 1.165) is 24.3 Å². The second-order valence-corrected chi connectivity index (χ2v) is 4.11. The summed E-state index contributed by atoms with van der Waals surface area (Å²) in [5, 5.41) is 14.9. The van der Waals surface area contributed by atoms with Crippen molar-refractivity contribution in [2.45, 2.75) is 33.6 Å². The number of allylic oxidation sites excluding steroid dienone is 4. The molecule has 0 aromatic carbocycles. The number of hydrogen-bond acceptors (Lipinski definition) is 2. The van der Waals surface area contributed by atoms with Gasteiger partial charge in [-0.2, -0.15) is 13.3 Å². The van der Waals surface area contributed by atoms with Gasteiger partial charge in [-0.3, -0.25) is 26.5 Å². The molecule has 1 fully saturated rings. The van der Waals surface area contributed by atoms with E-state index in [9.17, 15) is 12.9 Å². The monoisotopic (exact) mass is 460 g/mol. The Morgan fingerprint density at radius 3 is 1.65 bits per heavy atom. The van der Waals surface area contributed by atoms with Crippen molar-refractivity contribution < 1.29 is 48.3 Å². The number of carbonyl (C=O) groups excluding carboxylic acids is 2. The third-order valence-corrected chi connectivity index (χ3v) is 2.69. The summed E-state index contributed by atoms with van der Waals surface area (Å²) >= 11 is 0. The van der Waals surface area contributed by atoms with Crippen molar-refractivity contribution in [2.75, 3.05) is 0 Å². The maximum Gasteiger partial charge on any atom is 0.762 e. The molecule has 0 N–H and O–H groups in total. The number of rotatable bonds is 0. The Morgan fingerprint density at radius 1 is 1.04 bits per heavy atom. The molecule has 0 heterocycles. The Hall–Kier alpha value is -1.37. The van der Waals surface area contributed by atoms with Crippen LogP contribution in [0.2, 0.25) is 0 Å². The standard InChI is InChI=1S/C10H13.2C2H4N.2CHO.BF3.FH.Mo/c1-8-6-7-9-4-2-3-5-10(8)9;2*1-2-3;2*1-2;2-1(3)4;;/h2-5,9-10H,6-7H2,1H3;2*2H,1H3;2*1H;;1H;/q5*-1;;;/p-1. The summed E-state index contributed by atoms with van der Waals surface area (Å²) in [6, 6.07) is 0. The average Bonchev–Trinajstić information content (AvgIpc) is 2.94. The molecule has 2 aliphatic carbocycles. The maximum absolute atomic E-state index is 9.67. The quantitative estimate of drug-likeness (QED) is 0.181. The van der Waals surface area contributed by atoms with Crippen LogP contribution in [0.5, 0.6) is 0 Å². The van der Waals surface area contributed by atoms with Crippen LogP contribution in [-0.4, -0.2) is 33.6 Å². The largest absolute Gasteiger partial charge is 1.00 e. The Kier molecular flexibility index (Phi) is 53.1. The van der Waals surface area contributed by atoms with E-state index in [4.69, 9.17) is 20.4 Å². The third-order valence-electron chi connectivity index (χ3n) is 2.69. The van der Waals surface area contributed by atoms with E-state index in [1.54, 1.807) is 19.8 Å². The van der Waals surface area contributed by atoms with Gasteiger partial charge in [-0.1, -0.05) is 38.5 Å². The van der Waals surface area contributed by atoms with Gasteiger partial charge in [-0.25, -0.2) is 12.4 Å². The fraction of sp³-hybridized carbons (Fsp3) is 0.438. The molecule has 2 rings (SSSR count). The molecule has 0 amide bonds. The van der Waals surface area contributed by atoms with E-state index in [1.165, 1.54) is 12.8 Å². The Labute approximate surface area is 168 Å². The Bertz CT molecular complexity index is 341. The van der Waals surface area contributed by atoms with Gasteiger partial charge in [0.05, 0.1) is 0 Å². The molecule has 152 valence electrons. The van der Waals surface area contributed by atoms with E-state index in [2.05, 4.69) is 44.8 Å². The molecule has 2 aliphatic rings. The molecule has 0 aromatic rings. The minimum Gasteiger partial charge on any atom is -1.00 e. The summed E-state index contributed by atoms with van der Waals surface area (Å²) < 4.78 is 29.0. The molecule has 0 spiro atoms. The van der Waals surface area contributed by atoms with Gasteiger partial charge >= 0.3 is 7.54 Å². The number of hydrogen-bond donors (Lipinski definition) is 0. The van der Waals surface area contributed by atoms with Crippen LogP contribution in [0.15, 0.2) is 24.3 Å². The van der Waals surface area contributed by atoms with Crippen molar-refractivity contribution in [2.24, 2.45) is 11.8 Å². The number of halogens is 4. The minimum atomic E-state index is -3.67. The summed E-state index contributed by atoms with van der Waals surface area (Å²) in [5.74, 6) is 3.29. The van der Waals surface area contributed by atoms with E-state index in [0.29, 0.717) is 0 Å². The second-order valence-electron chi connectivity index (χ2n) is 4.11. The normalized spacial score (nSPS) is 17.2. The molecular formula is C16H23BF4MoN2O2-6. The average molecular weight is 458 g/mol.